The minimum absolute atomic E-state index is 0.0493. The van der Waals surface area contributed by atoms with E-state index in [2.05, 4.69) is 16.9 Å². The molecule has 0 bridgehead atoms. The Labute approximate surface area is 99.0 Å². The smallest absolute Gasteiger partial charge is 0.159 e. The predicted molar refractivity (Wildman–Crippen MR) is 64.0 cm³/mol. The zero-order valence-electron chi connectivity index (χ0n) is 9.27. The SMILES string of the molecule is CC1CCC(c2nc(N)c3c(n2)CSC3)O1. The zero-order valence-corrected chi connectivity index (χ0v) is 10.1. The molecule has 0 amide bonds. The van der Waals surface area contributed by atoms with Crippen molar-refractivity contribution in [2.24, 2.45) is 0 Å². The third kappa shape index (κ3) is 1.68. The van der Waals surface area contributed by atoms with Crippen LogP contribution in [-0.2, 0) is 16.2 Å². The highest BCUT2D eigenvalue weighted by molar-refractivity contribution is 7.98. The topological polar surface area (TPSA) is 61.0 Å². The van der Waals surface area contributed by atoms with Crippen molar-refractivity contribution in [3.63, 3.8) is 0 Å². The maximum Gasteiger partial charge on any atom is 0.159 e. The summed E-state index contributed by atoms with van der Waals surface area (Å²) in [5, 5.41) is 0. The molecule has 2 aliphatic rings. The summed E-state index contributed by atoms with van der Waals surface area (Å²) in [5.41, 5.74) is 8.19. The van der Waals surface area contributed by atoms with E-state index in [1.807, 2.05) is 11.8 Å². The van der Waals surface area contributed by atoms with E-state index in [4.69, 9.17) is 10.5 Å². The van der Waals surface area contributed by atoms with Crippen LogP contribution in [-0.4, -0.2) is 16.1 Å². The van der Waals surface area contributed by atoms with Crippen LogP contribution in [0.1, 0.15) is 43.0 Å². The van der Waals surface area contributed by atoms with Crippen LogP contribution in [0.5, 0.6) is 0 Å². The van der Waals surface area contributed by atoms with Gasteiger partial charge in [-0.2, -0.15) is 11.8 Å². The first-order chi connectivity index (χ1) is 7.74. The van der Waals surface area contributed by atoms with Crippen molar-refractivity contribution in [1.82, 2.24) is 9.97 Å². The highest BCUT2D eigenvalue weighted by Gasteiger charge is 2.28. The summed E-state index contributed by atoms with van der Waals surface area (Å²) < 4.78 is 5.77. The van der Waals surface area contributed by atoms with Crippen molar-refractivity contribution in [3.05, 3.63) is 17.1 Å². The average molecular weight is 237 g/mol. The van der Waals surface area contributed by atoms with Crippen molar-refractivity contribution in [3.8, 4) is 0 Å². The molecule has 1 fully saturated rings. The number of hydrogen-bond donors (Lipinski definition) is 1. The van der Waals surface area contributed by atoms with Crippen LogP contribution in [0, 0.1) is 0 Å². The lowest BCUT2D eigenvalue weighted by Crippen LogP contribution is -2.10. The quantitative estimate of drug-likeness (QED) is 0.810. The number of anilines is 1. The molecule has 2 N–H and O–H groups in total. The van der Waals surface area contributed by atoms with Crippen LogP contribution in [0.4, 0.5) is 5.82 Å². The average Bonchev–Trinajstić information content (AvgIpc) is 2.85. The normalized spacial score (nSPS) is 28.3. The second-order valence-electron chi connectivity index (χ2n) is 4.40. The fourth-order valence-corrected chi connectivity index (χ4v) is 3.29. The van der Waals surface area contributed by atoms with E-state index in [-0.39, 0.29) is 6.10 Å². The van der Waals surface area contributed by atoms with Gasteiger partial charge in [-0.05, 0) is 19.8 Å². The first-order valence-electron chi connectivity index (χ1n) is 5.62. The predicted octanol–water partition coefficient (Wildman–Crippen LogP) is 2.05. The highest BCUT2D eigenvalue weighted by atomic mass is 32.2. The minimum Gasteiger partial charge on any atom is -0.383 e. The van der Waals surface area contributed by atoms with Gasteiger partial charge in [0.2, 0.25) is 0 Å². The molecule has 0 radical (unpaired) electrons. The van der Waals surface area contributed by atoms with E-state index in [0.29, 0.717) is 11.9 Å². The number of nitrogens with zero attached hydrogens (tertiary/aromatic N) is 2. The fraction of sp³-hybridized carbons (Fsp3) is 0.636. The molecule has 3 heterocycles. The Morgan fingerprint density at radius 2 is 2.19 bits per heavy atom. The summed E-state index contributed by atoms with van der Waals surface area (Å²) in [4.78, 5) is 8.98. The molecule has 2 unspecified atom stereocenters. The summed E-state index contributed by atoms with van der Waals surface area (Å²) in [6.07, 6.45) is 2.46. The van der Waals surface area contributed by atoms with Crippen LogP contribution in [0.2, 0.25) is 0 Å². The molecule has 0 saturated carbocycles. The Kier molecular flexibility index (Phi) is 2.52. The molecule has 2 atom stereocenters. The van der Waals surface area contributed by atoms with Gasteiger partial charge in [-0.15, -0.1) is 0 Å². The lowest BCUT2D eigenvalue weighted by Gasteiger charge is -2.12. The van der Waals surface area contributed by atoms with Gasteiger partial charge in [-0.1, -0.05) is 0 Å². The summed E-state index contributed by atoms with van der Waals surface area (Å²) >= 11 is 1.85. The van der Waals surface area contributed by atoms with E-state index in [1.54, 1.807) is 0 Å². The number of fused-ring (bicyclic) bond motifs is 1. The van der Waals surface area contributed by atoms with Crippen LogP contribution in [0.25, 0.3) is 0 Å². The van der Waals surface area contributed by atoms with Gasteiger partial charge in [0, 0.05) is 17.1 Å². The number of rotatable bonds is 1. The number of thioether (sulfide) groups is 1. The molecule has 86 valence electrons. The standard InChI is InChI=1S/C11H15N3OS/c1-6-2-3-9(15-6)11-13-8-5-16-4-7(8)10(12)14-11/h6,9H,2-5H2,1H3,(H2,12,13,14). The Morgan fingerprint density at radius 3 is 2.94 bits per heavy atom. The maximum atomic E-state index is 5.95. The van der Waals surface area contributed by atoms with Gasteiger partial charge >= 0.3 is 0 Å². The number of hydrogen-bond acceptors (Lipinski definition) is 5. The van der Waals surface area contributed by atoms with Crippen molar-refractivity contribution >= 4 is 17.6 Å². The lowest BCUT2D eigenvalue weighted by molar-refractivity contribution is 0.0502. The molecule has 3 rings (SSSR count). The van der Waals surface area contributed by atoms with Gasteiger partial charge in [-0.3, -0.25) is 0 Å². The molecule has 0 aromatic carbocycles. The fourth-order valence-electron chi connectivity index (χ4n) is 2.23. The molecular formula is C11H15N3OS. The first kappa shape index (κ1) is 10.4. The number of nitrogens with two attached hydrogens (primary N) is 1. The van der Waals surface area contributed by atoms with E-state index in [9.17, 15) is 0 Å². The first-order valence-corrected chi connectivity index (χ1v) is 6.78. The summed E-state index contributed by atoms with van der Waals surface area (Å²) in [6, 6.07) is 0. The molecule has 1 saturated heterocycles. The van der Waals surface area contributed by atoms with Crippen molar-refractivity contribution in [2.75, 3.05) is 5.73 Å². The maximum absolute atomic E-state index is 5.95. The second kappa shape index (κ2) is 3.89. The number of nitrogen functional groups attached to an aromatic ring is 1. The zero-order chi connectivity index (χ0) is 11.1. The number of ether oxygens (including phenoxy) is 1. The van der Waals surface area contributed by atoms with Crippen LogP contribution in [0.3, 0.4) is 0 Å². The summed E-state index contributed by atoms with van der Waals surface area (Å²) in [5.74, 6) is 3.33. The molecule has 1 aromatic heterocycles. The monoisotopic (exact) mass is 237 g/mol. The van der Waals surface area contributed by atoms with E-state index in [0.717, 1.165) is 41.4 Å². The molecule has 16 heavy (non-hydrogen) atoms. The van der Waals surface area contributed by atoms with E-state index in [1.165, 1.54) is 0 Å². The Balaban J connectivity index is 1.94. The molecule has 1 aromatic rings. The molecule has 0 aliphatic carbocycles. The van der Waals surface area contributed by atoms with Gasteiger partial charge in [0.15, 0.2) is 5.82 Å². The van der Waals surface area contributed by atoms with E-state index < -0.39 is 0 Å². The highest BCUT2D eigenvalue weighted by Crippen LogP contribution is 2.35. The van der Waals surface area contributed by atoms with Crippen molar-refractivity contribution < 1.29 is 4.74 Å². The van der Waals surface area contributed by atoms with Gasteiger partial charge in [0.05, 0.1) is 11.8 Å². The Morgan fingerprint density at radius 1 is 1.31 bits per heavy atom. The van der Waals surface area contributed by atoms with Gasteiger partial charge in [0.1, 0.15) is 11.9 Å². The minimum atomic E-state index is 0.0493. The third-order valence-electron chi connectivity index (χ3n) is 3.15. The van der Waals surface area contributed by atoms with Crippen LogP contribution < -0.4 is 5.73 Å². The van der Waals surface area contributed by atoms with Crippen molar-refractivity contribution in [2.45, 2.75) is 43.5 Å². The van der Waals surface area contributed by atoms with Gasteiger partial charge < -0.3 is 10.5 Å². The van der Waals surface area contributed by atoms with Crippen LogP contribution >= 0.6 is 11.8 Å². The molecular weight excluding hydrogens is 222 g/mol. The molecule has 2 aliphatic heterocycles. The Hall–Kier alpha value is -0.810. The van der Waals surface area contributed by atoms with E-state index >= 15 is 0 Å². The van der Waals surface area contributed by atoms with Gasteiger partial charge in [-0.25, -0.2) is 9.97 Å². The molecule has 0 spiro atoms. The van der Waals surface area contributed by atoms with Crippen LogP contribution in [0.15, 0.2) is 0 Å². The second-order valence-corrected chi connectivity index (χ2v) is 5.38. The summed E-state index contributed by atoms with van der Waals surface area (Å²) in [7, 11) is 0. The van der Waals surface area contributed by atoms with Crippen molar-refractivity contribution in [1.29, 1.82) is 0 Å². The summed E-state index contributed by atoms with van der Waals surface area (Å²) in [6.45, 7) is 2.09. The lowest BCUT2D eigenvalue weighted by atomic mass is 10.2. The molecule has 5 heteroatoms. The molecule has 4 nitrogen and oxygen atoms in total. The largest absolute Gasteiger partial charge is 0.383 e. The van der Waals surface area contributed by atoms with Gasteiger partial charge in [0.25, 0.3) is 0 Å². The third-order valence-corrected chi connectivity index (χ3v) is 4.12. The Bertz CT molecular complexity index is 424. The number of aromatic nitrogens is 2.